The summed E-state index contributed by atoms with van der Waals surface area (Å²) >= 11 is 0. The first-order valence-corrected chi connectivity index (χ1v) is 11.8. The zero-order valence-electron chi connectivity index (χ0n) is 21.6. The molecule has 0 radical (unpaired) electrons. The summed E-state index contributed by atoms with van der Waals surface area (Å²) in [6, 6.07) is 13.8. The van der Waals surface area contributed by atoms with Gasteiger partial charge in [-0.2, -0.15) is 4.39 Å². The van der Waals surface area contributed by atoms with Crippen LogP contribution in [0.2, 0.25) is 0 Å². The monoisotopic (exact) mass is 504 g/mol. The summed E-state index contributed by atoms with van der Waals surface area (Å²) in [5, 5.41) is 3.27. The zero-order valence-corrected chi connectivity index (χ0v) is 21.6. The van der Waals surface area contributed by atoms with Crippen molar-refractivity contribution in [3.8, 4) is 22.4 Å². The van der Waals surface area contributed by atoms with Gasteiger partial charge in [-0.3, -0.25) is 10.3 Å². The molecule has 37 heavy (non-hydrogen) atoms. The third-order valence-corrected chi connectivity index (χ3v) is 5.15. The molecule has 4 rings (SSSR count). The molecule has 0 fully saturated rings. The van der Waals surface area contributed by atoms with Crippen LogP contribution in [0.3, 0.4) is 0 Å². The molecule has 3 heterocycles. The van der Waals surface area contributed by atoms with E-state index in [1.807, 2.05) is 12.1 Å². The fraction of sp³-hybridized carbons (Fsp3) is 0.286. The first-order valence-electron chi connectivity index (χ1n) is 11.8. The van der Waals surface area contributed by atoms with E-state index >= 15 is 0 Å². The van der Waals surface area contributed by atoms with Crippen LogP contribution < -0.4 is 5.32 Å². The average molecular weight is 505 g/mol. The smallest absolute Gasteiger partial charge is 0.419 e. The summed E-state index contributed by atoms with van der Waals surface area (Å²) in [4.78, 5) is 33.0. The number of aromatic nitrogens is 3. The first kappa shape index (κ1) is 25.8. The fourth-order valence-corrected chi connectivity index (χ4v) is 3.71. The van der Waals surface area contributed by atoms with Gasteiger partial charge in [-0.15, -0.1) is 0 Å². The summed E-state index contributed by atoms with van der Waals surface area (Å²) < 4.78 is 27.1. The minimum atomic E-state index is -0.741. The molecule has 0 bridgehead atoms. The van der Waals surface area contributed by atoms with E-state index in [-0.39, 0.29) is 11.4 Å². The molecule has 0 aliphatic heterocycles. The Bertz CT molecular complexity index is 1460. The third kappa shape index (κ3) is 6.11. The molecule has 3 aromatic heterocycles. The van der Waals surface area contributed by atoms with Crippen LogP contribution in [-0.4, -0.2) is 37.9 Å². The lowest BCUT2D eigenvalue weighted by Crippen LogP contribution is -2.27. The molecule has 0 saturated heterocycles. The molecule has 0 aliphatic carbocycles. The van der Waals surface area contributed by atoms with Crippen LogP contribution in [0.25, 0.3) is 33.3 Å². The molecule has 192 valence electrons. The summed E-state index contributed by atoms with van der Waals surface area (Å²) in [6.45, 7) is 10.6. The maximum Gasteiger partial charge on any atom is 0.419 e. The van der Waals surface area contributed by atoms with Crippen molar-refractivity contribution in [2.45, 2.75) is 52.7 Å². The standard InChI is InChI=1S/C28H29FN4O4/c1-27(2,3)36-25(34)32-23-12-11-20(24(29)31-23)17-7-9-18(10-8-17)21-15-19-13-14-30-16-22(19)33(21)26(35)37-28(4,5)6/h7-16H,1-6H3,(H,31,32,34). The Morgan fingerprint density at radius 2 is 1.54 bits per heavy atom. The minimum absolute atomic E-state index is 0.0441. The molecule has 0 saturated carbocycles. The molecular weight excluding hydrogens is 475 g/mol. The number of halogens is 1. The Balaban J connectivity index is 1.63. The summed E-state index contributed by atoms with van der Waals surface area (Å²) in [5.41, 5.74) is 1.47. The van der Waals surface area contributed by atoms with Gasteiger partial charge in [0.1, 0.15) is 17.0 Å². The van der Waals surface area contributed by atoms with E-state index in [4.69, 9.17) is 9.47 Å². The summed E-state index contributed by atoms with van der Waals surface area (Å²) in [5.74, 6) is -0.696. The van der Waals surface area contributed by atoms with Crippen molar-refractivity contribution in [3.05, 3.63) is 66.9 Å². The van der Waals surface area contributed by atoms with Gasteiger partial charge in [-0.05, 0) is 76.9 Å². The minimum Gasteiger partial charge on any atom is -0.444 e. The number of benzene rings is 1. The molecular formula is C28H29FN4O4. The van der Waals surface area contributed by atoms with Crippen molar-refractivity contribution in [1.82, 2.24) is 14.5 Å². The van der Waals surface area contributed by atoms with E-state index in [0.717, 1.165) is 10.9 Å². The van der Waals surface area contributed by atoms with E-state index < -0.39 is 29.3 Å². The molecule has 1 aromatic carbocycles. The van der Waals surface area contributed by atoms with E-state index in [1.54, 1.807) is 78.2 Å². The molecule has 1 amide bonds. The van der Waals surface area contributed by atoms with Crippen LogP contribution in [0, 0.1) is 5.95 Å². The largest absolute Gasteiger partial charge is 0.444 e. The number of carbonyl (C=O) groups is 2. The highest BCUT2D eigenvalue weighted by atomic mass is 19.1. The molecule has 0 unspecified atom stereocenters. The Labute approximate surface area is 214 Å². The van der Waals surface area contributed by atoms with Gasteiger partial charge in [0.2, 0.25) is 5.95 Å². The Morgan fingerprint density at radius 3 is 2.16 bits per heavy atom. The second-order valence-electron chi connectivity index (χ2n) is 10.5. The molecule has 0 aliphatic rings. The Kier molecular flexibility index (Phi) is 6.73. The number of nitrogens with one attached hydrogen (secondary N) is 1. The predicted molar refractivity (Wildman–Crippen MR) is 140 cm³/mol. The topological polar surface area (TPSA) is 95.3 Å². The molecule has 0 spiro atoms. The van der Waals surface area contributed by atoms with Gasteiger partial charge in [0, 0.05) is 17.1 Å². The lowest BCUT2D eigenvalue weighted by molar-refractivity contribution is 0.0545. The quantitative estimate of drug-likeness (QED) is 0.301. The number of fused-ring (bicyclic) bond motifs is 1. The highest BCUT2D eigenvalue weighted by Crippen LogP contribution is 2.31. The van der Waals surface area contributed by atoms with Crippen molar-refractivity contribution < 1.29 is 23.5 Å². The van der Waals surface area contributed by atoms with Crippen molar-refractivity contribution in [2.75, 3.05) is 5.32 Å². The van der Waals surface area contributed by atoms with Gasteiger partial charge in [-0.25, -0.2) is 19.1 Å². The zero-order chi connectivity index (χ0) is 27.0. The van der Waals surface area contributed by atoms with Gasteiger partial charge < -0.3 is 9.47 Å². The second kappa shape index (κ2) is 9.65. The van der Waals surface area contributed by atoms with E-state index in [2.05, 4.69) is 15.3 Å². The normalized spacial score (nSPS) is 11.9. The number of amides is 1. The maximum absolute atomic E-state index is 14.8. The molecule has 9 heteroatoms. The summed E-state index contributed by atoms with van der Waals surface area (Å²) in [7, 11) is 0. The summed E-state index contributed by atoms with van der Waals surface area (Å²) in [6.07, 6.45) is 2.04. The number of ether oxygens (including phenoxy) is 2. The van der Waals surface area contributed by atoms with Crippen LogP contribution in [0.5, 0.6) is 0 Å². The van der Waals surface area contributed by atoms with Gasteiger partial charge in [0.05, 0.1) is 17.4 Å². The molecule has 8 nitrogen and oxygen atoms in total. The lowest BCUT2D eigenvalue weighted by atomic mass is 10.0. The van der Waals surface area contributed by atoms with Crippen LogP contribution in [-0.2, 0) is 9.47 Å². The number of pyridine rings is 2. The van der Waals surface area contributed by atoms with Crippen LogP contribution >= 0.6 is 0 Å². The first-order chi connectivity index (χ1) is 17.3. The lowest BCUT2D eigenvalue weighted by Gasteiger charge is -2.21. The van der Waals surface area contributed by atoms with Gasteiger partial charge in [0.25, 0.3) is 0 Å². The Hall–Kier alpha value is -4.27. The molecule has 0 atom stereocenters. The van der Waals surface area contributed by atoms with Gasteiger partial charge in [0.15, 0.2) is 0 Å². The predicted octanol–water partition coefficient (Wildman–Crippen LogP) is 7.03. The maximum atomic E-state index is 14.8. The van der Waals surface area contributed by atoms with Crippen LogP contribution in [0.15, 0.2) is 60.9 Å². The van der Waals surface area contributed by atoms with E-state index in [9.17, 15) is 14.0 Å². The number of carbonyl (C=O) groups excluding carboxylic acids is 2. The van der Waals surface area contributed by atoms with Crippen LogP contribution in [0.1, 0.15) is 41.5 Å². The fourth-order valence-electron chi connectivity index (χ4n) is 3.71. The van der Waals surface area contributed by atoms with Gasteiger partial charge in [-0.1, -0.05) is 24.3 Å². The number of rotatable bonds is 3. The molecule has 4 aromatic rings. The second-order valence-corrected chi connectivity index (χ2v) is 10.5. The van der Waals surface area contributed by atoms with Crippen molar-refractivity contribution in [3.63, 3.8) is 0 Å². The van der Waals surface area contributed by atoms with Crippen molar-refractivity contribution >= 4 is 28.9 Å². The van der Waals surface area contributed by atoms with Crippen molar-refractivity contribution in [2.24, 2.45) is 0 Å². The van der Waals surface area contributed by atoms with E-state index in [1.165, 1.54) is 16.7 Å². The average Bonchev–Trinajstić information content (AvgIpc) is 3.17. The Morgan fingerprint density at radius 1 is 0.892 bits per heavy atom. The number of hydrogen-bond donors (Lipinski definition) is 1. The third-order valence-electron chi connectivity index (χ3n) is 5.15. The number of nitrogens with zero attached hydrogens (tertiary/aromatic N) is 3. The van der Waals surface area contributed by atoms with Crippen molar-refractivity contribution in [1.29, 1.82) is 0 Å². The SMILES string of the molecule is CC(C)(C)OC(=O)Nc1ccc(-c2ccc(-c3cc4ccncc4n3C(=O)OC(C)(C)C)cc2)c(F)n1. The van der Waals surface area contributed by atoms with Crippen LogP contribution in [0.4, 0.5) is 19.8 Å². The van der Waals surface area contributed by atoms with E-state index in [0.29, 0.717) is 16.8 Å². The number of anilines is 1. The number of hydrogen-bond acceptors (Lipinski definition) is 6. The highest BCUT2D eigenvalue weighted by molar-refractivity contribution is 5.96. The van der Waals surface area contributed by atoms with Gasteiger partial charge >= 0.3 is 12.2 Å². The highest BCUT2D eigenvalue weighted by Gasteiger charge is 2.23. The molecule has 1 N–H and O–H groups in total.